The molecule has 3 N–H and O–H groups in total. The van der Waals surface area contributed by atoms with E-state index in [2.05, 4.69) is 35.9 Å². The van der Waals surface area contributed by atoms with Gasteiger partial charge < -0.3 is 20.4 Å². The first-order valence-electron chi connectivity index (χ1n) is 12.4. The third-order valence-corrected chi connectivity index (χ3v) is 7.42. The number of carbonyl (C=O) groups excluding carboxylic acids is 2. The van der Waals surface area contributed by atoms with E-state index in [4.69, 9.17) is 33.7 Å². The second kappa shape index (κ2) is 11.5. The number of primary amides is 1. The van der Waals surface area contributed by atoms with Crippen LogP contribution in [0.4, 0.5) is 0 Å². The van der Waals surface area contributed by atoms with Crippen molar-refractivity contribution in [2.24, 2.45) is 5.73 Å². The average Bonchev–Trinajstić information content (AvgIpc) is 3.12. The van der Waals surface area contributed by atoms with Crippen LogP contribution in [0.1, 0.15) is 58.1 Å². The number of benzene rings is 3. The van der Waals surface area contributed by atoms with E-state index in [1.807, 2.05) is 44.2 Å². The molecule has 0 aliphatic carbocycles. The molecule has 6 nitrogen and oxygen atoms in total. The Morgan fingerprint density at radius 2 is 1.79 bits per heavy atom. The summed E-state index contributed by atoms with van der Waals surface area (Å²) in [5, 5.41) is 4.82. The SMILES string of the molecule is Cc1c(C)n(Cc2cc(OCC(N)=O)c(Cl)cc2Cl)c2ccc(C(=O)NCc3cccc(C(C)C)c3)cc12. The van der Waals surface area contributed by atoms with Crippen LogP contribution in [0.15, 0.2) is 54.6 Å². The van der Waals surface area contributed by atoms with Crippen molar-refractivity contribution in [3.8, 4) is 5.75 Å². The number of rotatable bonds is 9. The van der Waals surface area contributed by atoms with Crippen molar-refractivity contribution in [3.05, 3.63) is 98.2 Å². The van der Waals surface area contributed by atoms with Gasteiger partial charge in [0.25, 0.3) is 11.8 Å². The minimum Gasteiger partial charge on any atom is -0.482 e. The molecule has 4 aromatic rings. The molecular weight excluding hydrogens is 521 g/mol. The van der Waals surface area contributed by atoms with E-state index in [1.54, 1.807) is 12.1 Å². The molecular formula is C30H31Cl2N3O3. The molecule has 0 unspecified atom stereocenters. The first-order valence-corrected chi connectivity index (χ1v) is 13.2. The molecule has 1 heterocycles. The number of nitrogens with two attached hydrogens (primary N) is 1. The predicted octanol–water partition coefficient (Wildman–Crippen LogP) is 6.53. The number of hydrogen-bond donors (Lipinski definition) is 2. The van der Waals surface area contributed by atoms with Crippen molar-refractivity contribution in [3.63, 3.8) is 0 Å². The van der Waals surface area contributed by atoms with Gasteiger partial charge in [0.1, 0.15) is 5.75 Å². The van der Waals surface area contributed by atoms with Gasteiger partial charge in [-0.2, -0.15) is 0 Å². The third kappa shape index (κ3) is 5.98. The van der Waals surface area contributed by atoms with E-state index in [1.165, 1.54) is 5.56 Å². The Hall–Kier alpha value is -3.48. The molecule has 198 valence electrons. The lowest BCUT2D eigenvalue weighted by molar-refractivity contribution is -0.119. The third-order valence-electron chi connectivity index (χ3n) is 6.77. The fraction of sp³-hybridized carbons (Fsp3) is 0.267. The lowest BCUT2D eigenvalue weighted by Crippen LogP contribution is -2.22. The largest absolute Gasteiger partial charge is 0.482 e. The van der Waals surface area contributed by atoms with E-state index in [-0.39, 0.29) is 12.5 Å². The number of amides is 2. The van der Waals surface area contributed by atoms with E-state index < -0.39 is 5.91 Å². The van der Waals surface area contributed by atoms with Crippen LogP contribution in [-0.2, 0) is 17.9 Å². The molecule has 2 amide bonds. The summed E-state index contributed by atoms with van der Waals surface area (Å²) in [6, 6.07) is 17.3. The second-order valence-electron chi connectivity index (χ2n) is 9.74. The maximum Gasteiger partial charge on any atom is 0.255 e. The van der Waals surface area contributed by atoms with Crippen LogP contribution in [-0.4, -0.2) is 23.0 Å². The number of aromatic nitrogens is 1. The Balaban J connectivity index is 1.58. The molecule has 3 aromatic carbocycles. The normalized spacial score (nSPS) is 11.2. The highest BCUT2D eigenvalue weighted by atomic mass is 35.5. The molecule has 0 bridgehead atoms. The monoisotopic (exact) mass is 551 g/mol. The van der Waals surface area contributed by atoms with Gasteiger partial charge in [-0.15, -0.1) is 0 Å². The molecule has 0 aliphatic rings. The van der Waals surface area contributed by atoms with Gasteiger partial charge in [-0.1, -0.05) is 61.3 Å². The van der Waals surface area contributed by atoms with Gasteiger partial charge in [0.2, 0.25) is 0 Å². The Labute approximate surface area is 232 Å². The Bertz CT molecular complexity index is 1530. The summed E-state index contributed by atoms with van der Waals surface area (Å²) in [4.78, 5) is 24.1. The first-order chi connectivity index (χ1) is 18.0. The van der Waals surface area contributed by atoms with Crippen molar-refractivity contribution < 1.29 is 14.3 Å². The number of fused-ring (bicyclic) bond motifs is 1. The summed E-state index contributed by atoms with van der Waals surface area (Å²) >= 11 is 12.8. The van der Waals surface area contributed by atoms with Crippen LogP contribution in [0.25, 0.3) is 10.9 Å². The Kier molecular flexibility index (Phi) is 8.34. The molecule has 0 aliphatic heterocycles. The van der Waals surface area contributed by atoms with Gasteiger partial charge in [-0.25, -0.2) is 0 Å². The van der Waals surface area contributed by atoms with E-state index in [9.17, 15) is 9.59 Å². The zero-order chi connectivity index (χ0) is 27.6. The summed E-state index contributed by atoms with van der Waals surface area (Å²) in [6.45, 7) is 9.02. The average molecular weight is 553 g/mol. The highest BCUT2D eigenvalue weighted by molar-refractivity contribution is 6.36. The Morgan fingerprint density at radius 3 is 2.50 bits per heavy atom. The van der Waals surface area contributed by atoms with E-state index >= 15 is 0 Å². The second-order valence-corrected chi connectivity index (χ2v) is 10.6. The van der Waals surface area contributed by atoms with Crippen LogP contribution in [0.3, 0.4) is 0 Å². The number of aryl methyl sites for hydroxylation is 1. The van der Waals surface area contributed by atoms with Crippen LogP contribution >= 0.6 is 23.2 Å². The molecule has 1 aromatic heterocycles. The highest BCUT2D eigenvalue weighted by Gasteiger charge is 2.17. The van der Waals surface area contributed by atoms with Gasteiger partial charge >= 0.3 is 0 Å². The molecule has 0 saturated carbocycles. The fourth-order valence-electron chi connectivity index (χ4n) is 4.46. The maximum absolute atomic E-state index is 13.0. The summed E-state index contributed by atoms with van der Waals surface area (Å²) in [5.41, 5.74) is 12.0. The summed E-state index contributed by atoms with van der Waals surface area (Å²) in [5.74, 6) is 0.0573. The summed E-state index contributed by atoms with van der Waals surface area (Å²) in [7, 11) is 0. The number of carbonyl (C=O) groups is 2. The Morgan fingerprint density at radius 1 is 1.03 bits per heavy atom. The molecule has 0 atom stereocenters. The van der Waals surface area contributed by atoms with Gasteiger partial charge in [0, 0.05) is 40.3 Å². The van der Waals surface area contributed by atoms with E-state index in [0.717, 1.165) is 33.3 Å². The quantitative estimate of drug-likeness (QED) is 0.248. The zero-order valence-electron chi connectivity index (χ0n) is 21.9. The van der Waals surface area contributed by atoms with Crippen LogP contribution < -0.4 is 15.8 Å². The highest BCUT2D eigenvalue weighted by Crippen LogP contribution is 2.34. The van der Waals surface area contributed by atoms with Crippen molar-refractivity contribution >= 4 is 45.9 Å². The summed E-state index contributed by atoms with van der Waals surface area (Å²) < 4.78 is 7.59. The molecule has 0 spiro atoms. The first kappa shape index (κ1) is 27.6. The number of nitrogens with zero attached hydrogens (tertiary/aromatic N) is 1. The maximum atomic E-state index is 13.0. The molecule has 0 fully saturated rings. The topological polar surface area (TPSA) is 86.3 Å². The predicted molar refractivity (Wildman–Crippen MR) is 153 cm³/mol. The lowest BCUT2D eigenvalue weighted by Gasteiger charge is -2.14. The number of nitrogens with one attached hydrogen (secondary N) is 1. The van der Waals surface area contributed by atoms with Crippen LogP contribution in [0, 0.1) is 13.8 Å². The van der Waals surface area contributed by atoms with Gasteiger partial charge in [0.15, 0.2) is 6.61 Å². The fourth-order valence-corrected chi connectivity index (χ4v) is 4.96. The van der Waals surface area contributed by atoms with E-state index in [0.29, 0.717) is 40.4 Å². The van der Waals surface area contributed by atoms with Gasteiger partial charge in [-0.3, -0.25) is 9.59 Å². The molecule has 38 heavy (non-hydrogen) atoms. The standard InChI is InChI=1S/C30H31Cl2N3O3/c1-17(2)21-7-5-6-20(10-21)14-34-30(37)22-8-9-27-24(11-22)18(3)19(4)35(27)15-23-12-28(38-16-29(33)36)26(32)13-25(23)31/h5-13,17H,14-16H2,1-4H3,(H2,33,36)(H,34,37). The van der Waals surface area contributed by atoms with Crippen molar-refractivity contribution in [1.29, 1.82) is 0 Å². The van der Waals surface area contributed by atoms with Gasteiger partial charge in [0.05, 0.1) is 5.02 Å². The van der Waals surface area contributed by atoms with Crippen molar-refractivity contribution in [1.82, 2.24) is 9.88 Å². The van der Waals surface area contributed by atoms with Crippen LogP contribution in [0.5, 0.6) is 5.75 Å². The number of ether oxygens (including phenoxy) is 1. The minimum absolute atomic E-state index is 0.122. The van der Waals surface area contributed by atoms with Crippen molar-refractivity contribution in [2.75, 3.05) is 6.61 Å². The summed E-state index contributed by atoms with van der Waals surface area (Å²) in [6.07, 6.45) is 0. The zero-order valence-corrected chi connectivity index (χ0v) is 23.4. The molecule has 0 radical (unpaired) electrons. The minimum atomic E-state index is -0.593. The molecule has 4 rings (SSSR count). The molecule has 8 heteroatoms. The number of halogens is 2. The van der Waals surface area contributed by atoms with Crippen LogP contribution in [0.2, 0.25) is 10.0 Å². The smallest absolute Gasteiger partial charge is 0.255 e. The lowest BCUT2D eigenvalue weighted by atomic mass is 10.0. The molecule has 0 saturated heterocycles. The number of hydrogen-bond acceptors (Lipinski definition) is 3. The van der Waals surface area contributed by atoms with Gasteiger partial charge in [-0.05, 0) is 72.4 Å². The van der Waals surface area contributed by atoms with Crippen molar-refractivity contribution in [2.45, 2.75) is 46.7 Å².